The molecule has 4 heterocycles. The minimum Gasteiger partial charge on any atom is -0.346 e. The zero-order valence-corrected chi connectivity index (χ0v) is 17.7. The summed E-state index contributed by atoms with van der Waals surface area (Å²) < 4.78 is 39.2. The van der Waals surface area contributed by atoms with Crippen LogP contribution < -0.4 is 5.32 Å². The van der Waals surface area contributed by atoms with Gasteiger partial charge in [-0.3, -0.25) is 4.98 Å². The predicted octanol–water partition coefficient (Wildman–Crippen LogP) is 5.12. The molecule has 6 nitrogen and oxygen atoms in total. The molecule has 1 atom stereocenters. The summed E-state index contributed by atoms with van der Waals surface area (Å²) in [4.78, 5) is 26.0. The highest BCUT2D eigenvalue weighted by Crippen LogP contribution is 2.38. The van der Waals surface area contributed by atoms with Gasteiger partial charge in [0.25, 0.3) is 0 Å². The van der Waals surface area contributed by atoms with Crippen LogP contribution in [0.5, 0.6) is 0 Å². The third-order valence-corrected chi connectivity index (χ3v) is 6.99. The van der Waals surface area contributed by atoms with E-state index in [2.05, 4.69) is 26.3 Å². The number of carbonyl (C=O) groups excluding carboxylic acids is 1. The second-order valence-electron chi connectivity index (χ2n) is 8.98. The van der Waals surface area contributed by atoms with Crippen LogP contribution in [0.4, 0.5) is 18.0 Å². The number of hydrogen-bond donors (Lipinski definition) is 2. The Morgan fingerprint density at radius 2 is 1.94 bits per heavy atom. The summed E-state index contributed by atoms with van der Waals surface area (Å²) >= 11 is 0. The Bertz CT molecular complexity index is 1120. The zero-order chi connectivity index (χ0) is 22.3. The number of nitrogens with one attached hydrogen (secondary N) is 2. The van der Waals surface area contributed by atoms with Gasteiger partial charge in [-0.15, -0.1) is 0 Å². The molecule has 1 saturated carbocycles. The van der Waals surface area contributed by atoms with E-state index >= 15 is 0 Å². The molecular weight excluding hydrogens is 419 g/mol. The van der Waals surface area contributed by atoms with E-state index in [0.29, 0.717) is 18.9 Å². The normalized spacial score (nSPS) is 24.7. The molecule has 3 aromatic heterocycles. The van der Waals surface area contributed by atoms with E-state index in [1.54, 1.807) is 6.20 Å². The first-order chi connectivity index (χ1) is 15.4. The average molecular weight is 445 g/mol. The maximum atomic E-state index is 13.1. The Morgan fingerprint density at radius 1 is 1.12 bits per heavy atom. The SMILES string of the molecule is O=C(NC1CCC(c2ccnc3cnc4[nH]ccc4c23)CC1)N1CCCC(C(F)(F)F)C1. The van der Waals surface area contributed by atoms with Gasteiger partial charge in [0.05, 0.1) is 17.6 Å². The molecule has 1 aliphatic heterocycles. The number of likely N-dealkylation sites (tertiary alicyclic amines) is 1. The van der Waals surface area contributed by atoms with E-state index < -0.39 is 12.1 Å². The number of carbonyl (C=O) groups is 1. The van der Waals surface area contributed by atoms with Crippen molar-refractivity contribution in [2.45, 2.75) is 56.7 Å². The molecule has 0 radical (unpaired) electrons. The molecule has 32 heavy (non-hydrogen) atoms. The van der Waals surface area contributed by atoms with Crippen molar-refractivity contribution in [2.75, 3.05) is 13.1 Å². The summed E-state index contributed by atoms with van der Waals surface area (Å²) in [7, 11) is 0. The predicted molar refractivity (Wildman–Crippen MR) is 115 cm³/mol. The number of fused-ring (bicyclic) bond motifs is 3. The van der Waals surface area contributed by atoms with Crippen LogP contribution in [0, 0.1) is 5.92 Å². The maximum Gasteiger partial charge on any atom is 0.393 e. The van der Waals surface area contributed by atoms with Gasteiger partial charge in [-0.05, 0) is 62.1 Å². The highest BCUT2D eigenvalue weighted by Gasteiger charge is 2.43. The van der Waals surface area contributed by atoms with Crippen LogP contribution in [0.3, 0.4) is 0 Å². The van der Waals surface area contributed by atoms with E-state index in [1.807, 2.05) is 18.5 Å². The molecule has 2 fully saturated rings. The third kappa shape index (κ3) is 4.00. The molecule has 5 rings (SSSR count). The molecule has 0 bridgehead atoms. The maximum absolute atomic E-state index is 13.1. The van der Waals surface area contributed by atoms with Gasteiger partial charge in [-0.1, -0.05) is 0 Å². The number of urea groups is 1. The molecule has 1 saturated heterocycles. The van der Waals surface area contributed by atoms with Gasteiger partial charge >= 0.3 is 12.2 Å². The van der Waals surface area contributed by atoms with Gasteiger partial charge in [0, 0.05) is 42.3 Å². The van der Waals surface area contributed by atoms with Crippen molar-refractivity contribution in [1.29, 1.82) is 0 Å². The van der Waals surface area contributed by atoms with E-state index in [0.717, 1.165) is 47.6 Å². The topological polar surface area (TPSA) is 73.9 Å². The molecule has 0 spiro atoms. The van der Waals surface area contributed by atoms with Crippen molar-refractivity contribution in [3.63, 3.8) is 0 Å². The van der Waals surface area contributed by atoms with Gasteiger partial charge in [-0.25, -0.2) is 9.78 Å². The number of nitrogens with zero attached hydrogens (tertiary/aromatic N) is 3. The van der Waals surface area contributed by atoms with E-state index in [-0.39, 0.29) is 25.0 Å². The van der Waals surface area contributed by atoms with Crippen LogP contribution in [0.15, 0.2) is 30.7 Å². The monoisotopic (exact) mass is 445 g/mol. The van der Waals surface area contributed by atoms with E-state index in [1.165, 1.54) is 10.5 Å². The molecule has 1 aliphatic carbocycles. The van der Waals surface area contributed by atoms with E-state index in [9.17, 15) is 18.0 Å². The highest BCUT2D eigenvalue weighted by atomic mass is 19.4. The molecule has 1 unspecified atom stereocenters. The molecule has 170 valence electrons. The smallest absolute Gasteiger partial charge is 0.346 e. The lowest BCUT2D eigenvalue weighted by Gasteiger charge is -2.36. The largest absolute Gasteiger partial charge is 0.393 e. The van der Waals surface area contributed by atoms with Crippen molar-refractivity contribution in [3.8, 4) is 0 Å². The first-order valence-corrected chi connectivity index (χ1v) is 11.2. The lowest BCUT2D eigenvalue weighted by molar-refractivity contribution is -0.184. The van der Waals surface area contributed by atoms with Crippen molar-refractivity contribution >= 4 is 28.0 Å². The number of halogens is 3. The second kappa shape index (κ2) is 8.26. The summed E-state index contributed by atoms with van der Waals surface area (Å²) in [6.07, 6.45) is 5.15. The Morgan fingerprint density at radius 3 is 2.72 bits per heavy atom. The summed E-state index contributed by atoms with van der Waals surface area (Å²) in [5.41, 5.74) is 2.96. The third-order valence-electron chi connectivity index (χ3n) is 6.99. The van der Waals surface area contributed by atoms with Crippen molar-refractivity contribution in [2.24, 2.45) is 5.92 Å². The molecular formula is C23H26F3N5O. The number of aromatic nitrogens is 3. The molecule has 2 aliphatic rings. The Labute approximate surface area is 183 Å². The first kappa shape index (κ1) is 21.0. The van der Waals surface area contributed by atoms with Crippen LogP contribution in [0.2, 0.25) is 0 Å². The van der Waals surface area contributed by atoms with E-state index in [4.69, 9.17) is 0 Å². The van der Waals surface area contributed by atoms with Crippen LogP contribution >= 0.6 is 0 Å². The Balaban J connectivity index is 1.24. The van der Waals surface area contributed by atoms with Crippen LogP contribution in [-0.4, -0.2) is 51.2 Å². The minimum atomic E-state index is -4.25. The van der Waals surface area contributed by atoms with Crippen molar-refractivity contribution < 1.29 is 18.0 Å². The Kier molecular flexibility index (Phi) is 5.43. The van der Waals surface area contributed by atoms with Gasteiger partial charge in [0.15, 0.2) is 0 Å². The van der Waals surface area contributed by atoms with Crippen LogP contribution in [-0.2, 0) is 0 Å². The van der Waals surface area contributed by atoms with Gasteiger partial charge in [0.1, 0.15) is 5.65 Å². The zero-order valence-electron chi connectivity index (χ0n) is 17.7. The number of hydrogen-bond acceptors (Lipinski definition) is 3. The number of alkyl halides is 3. The molecule has 2 N–H and O–H groups in total. The van der Waals surface area contributed by atoms with Crippen LogP contribution in [0.1, 0.15) is 50.0 Å². The number of aromatic amines is 1. The molecule has 2 amide bonds. The van der Waals surface area contributed by atoms with Crippen molar-refractivity contribution in [1.82, 2.24) is 25.2 Å². The highest BCUT2D eigenvalue weighted by molar-refractivity contribution is 6.05. The second-order valence-corrected chi connectivity index (χ2v) is 8.98. The summed E-state index contributed by atoms with van der Waals surface area (Å²) in [5, 5.41) is 5.17. The summed E-state index contributed by atoms with van der Waals surface area (Å²) in [6, 6.07) is 3.72. The number of amides is 2. The number of H-pyrrole nitrogens is 1. The van der Waals surface area contributed by atoms with Gasteiger partial charge in [-0.2, -0.15) is 13.2 Å². The minimum absolute atomic E-state index is 0.00735. The van der Waals surface area contributed by atoms with Crippen molar-refractivity contribution in [3.05, 3.63) is 36.3 Å². The standard InChI is InChI=1S/C23H26F3N5O/c24-23(25,26)15-2-1-11-31(13-15)22(32)30-16-5-3-14(4-6-16)17-7-9-27-19-12-29-21-18(20(17)19)8-10-28-21/h7-10,12,14-16H,1-6,11,13H2,(H,28,29)(H,30,32). The Hall–Kier alpha value is -2.84. The lowest BCUT2D eigenvalue weighted by Crippen LogP contribution is -2.51. The summed E-state index contributed by atoms with van der Waals surface area (Å²) in [6.45, 7) is 0.145. The molecule has 0 aromatic carbocycles. The summed E-state index contributed by atoms with van der Waals surface area (Å²) in [5.74, 6) is -1.07. The molecule has 3 aromatic rings. The lowest BCUT2D eigenvalue weighted by atomic mass is 9.80. The first-order valence-electron chi connectivity index (χ1n) is 11.2. The van der Waals surface area contributed by atoms with Gasteiger partial charge in [0.2, 0.25) is 0 Å². The number of pyridine rings is 2. The quantitative estimate of drug-likeness (QED) is 0.575. The fourth-order valence-corrected chi connectivity index (χ4v) is 5.26. The number of piperidine rings is 1. The van der Waals surface area contributed by atoms with Crippen LogP contribution in [0.25, 0.3) is 21.9 Å². The average Bonchev–Trinajstić information content (AvgIpc) is 3.28. The fraction of sp³-hybridized carbons (Fsp3) is 0.522. The number of rotatable bonds is 2. The molecule has 9 heteroatoms. The fourth-order valence-electron chi connectivity index (χ4n) is 5.26. The van der Waals surface area contributed by atoms with Gasteiger partial charge < -0.3 is 15.2 Å².